The van der Waals surface area contributed by atoms with Crippen LogP contribution in [0.3, 0.4) is 0 Å². The fourth-order valence-electron chi connectivity index (χ4n) is 3.47. The van der Waals surface area contributed by atoms with E-state index in [1.807, 2.05) is 0 Å². The second-order valence-electron chi connectivity index (χ2n) is 6.46. The number of likely N-dealkylation sites (tertiary alicyclic amines) is 1. The highest BCUT2D eigenvalue weighted by Crippen LogP contribution is 2.46. The predicted octanol–water partition coefficient (Wildman–Crippen LogP) is 4.03. The van der Waals surface area contributed by atoms with Gasteiger partial charge in [-0.15, -0.1) is 0 Å². The van der Waals surface area contributed by atoms with Crippen LogP contribution in [-0.2, 0) is 0 Å². The summed E-state index contributed by atoms with van der Waals surface area (Å²) in [4.78, 5) is 14.2. The molecule has 4 rings (SSSR count). The van der Waals surface area contributed by atoms with Gasteiger partial charge in [-0.25, -0.2) is 4.68 Å². The Balaban J connectivity index is 1.74. The van der Waals surface area contributed by atoms with Gasteiger partial charge >= 0.3 is 6.18 Å². The normalized spacial score (nSPS) is 23.0. The van der Waals surface area contributed by atoms with Crippen molar-refractivity contribution in [1.29, 1.82) is 0 Å². The van der Waals surface area contributed by atoms with Crippen molar-refractivity contribution >= 4 is 23.3 Å². The lowest BCUT2D eigenvalue weighted by Crippen LogP contribution is -2.35. The third-order valence-corrected chi connectivity index (χ3v) is 5.14. The van der Waals surface area contributed by atoms with Gasteiger partial charge in [0.2, 0.25) is 0 Å². The largest absolute Gasteiger partial charge is 0.467 e. The smallest absolute Gasteiger partial charge is 0.410 e. The van der Waals surface area contributed by atoms with Crippen LogP contribution in [0.15, 0.2) is 22.8 Å². The van der Waals surface area contributed by atoms with E-state index in [9.17, 15) is 18.0 Å². The van der Waals surface area contributed by atoms with E-state index in [1.165, 1.54) is 6.26 Å². The van der Waals surface area contributed by atoms with Gasteiger partial charge in [-0.2, -0.15) is 18.3 Å². The number of hydrogen-bond acceptors (Lipinski definition) is 4. The van der Waals surface area contributed by atoms with Crippen LogP contribution in [0.4, 0.5) is 19.0 Å². The molecule has 10 heteroatoms. The number of carbonyl (C=O) groups is 1. The molecule has 0 spiro atoms. The summed E-state index contributed by atoms with van der Waals surface area (Å²) in [7, 11) is 0. The molecule has 1 N–H and O–H groups in total. The molecule has 1 fully saturated rings. The Morgan fingerprint density at radius 2 is 2.08 bits per heavy atom. The highest BCUT2D eigenvalue weighted by Gasteiger charge is 2.48. The van der Waals surface area contributed by atoms with Gasteiger partial charge in [0.1, 0.15) is 16.6 Å². The Labute approximate surface area is 151 Å². The summed E-state index contributed by atoms with van der Waals surface area (Å²) in [5.74, 6) is -0.0777. The van der Waals surface area contributed by atoms with Gasteiger partial charge in [-0.1, -0.05) is 11.6 Å². The van der Waals surface area contributed by atoms with E-state index in [2.05, 4.69) is 10.4 Å². The van der Waals surface area contributed by atoms with Crippen LogP contribution in [0.1, 0.15) is 47.6 Å². The summed E-state index contributed by atoms with van der Waals surface area (Å²) < 4.78 is 46.9. The molecule has 0 unspecified atom stereocenters. The first-order valence-corrected chi connectivity index (χ1v) is 8.68. The summed E-state index contributed by atoms with van der Waals surface area (Å²) in [6.45, 7) is 1.12. The lowest BCUT2D eigenvalue weighted by Gasteiger charge is -2.32. The summed E-state index contributed by atoms with van der Waals surface area (Å²) in [6, 6.07) is 0.594. The van der Waals surface area contributed by atoms with Gasteiger partial charge in [0.25, 0.3) is 5.91 Å². The van der Waals surface area contributed by atoms with Crippen LogP contribution < -0.4 is 5.32 Å². The van der Waals surface area contributed by atoms with Crippen LogP contribution in [-0.4, -0.2) is 39.9 Å². The zero-order valence-corrected chi connectivity index (χ0v) is 14.3. The van der Waals surface area contributed by atoms with E-state index in [0.717, 1.165) is 17.5 Å². The second-order valence-corrected chi connectivity index (χ2v) is 6.84. The van der Waals surface area contributed by atoms with E-state index in [1.54, 1.807) is 17.0 Å². The van der Waals surface area contributed by atoms with Crippen molar-refractivity contribution in [3.8, 4) is 0 Å². The second kappa shape index (κ2) is 6.22. The molecule has 0 bridgehead atoms. The first-order chi connectivity index (χ1) is 12.4. The lowest BCUT2D eigenvalue weighted by atomic mass is 10.0. The van der Waals surface area contributed by atoms with Crippen molar-refractivity contribution in [3.05, 3.63) is 34.9 Å². The molecule has 1 saturated heterocycles. The Morgan fingerprint density at radius 1 is 1.35 bits per heavy atom. The minimum Gasteiger partial charge on any atom is -0.467 e. The topological polar surface area (TPSA) is 63.3 Å². The number of carbonyl (C=O) groups excluding carboxylic acids is 1. The zero-order valence-electron chi connectivity index (χ0n) is 13.6. The molecule has 0 aromatic carbocycles. The maximum Gasteiger partial charge on any atom is 0.410 e. The van der Waals surface area contributed by atoms with E-state index < -0.39 is 24.2 Å². The molecule has 1 amide bonds. The van der Waals surface area contributed by atoms with Gasteiger partial charge in [-0.05, 0) is 25.0 Å². The number of halogens is 4. The Morgan fingerprint density at radius 3 is 2.69 bits per heavy atom. The molecule has 0 saturated carbocycles. The predicted molar refractivity (Wildman–Crippen MR) is 87.2 cm³/mol. The van der Waals surface area contributed by atoms with Crippen molar-refractivity contribution in [2.24, 2.45) is 0 Å². The maximum absolute atomic E-state index is 13.6. The number of furan rings is 1. The van der Waals surface area contributed by atoms with Crippen LogP contribution >= 0.6 is 11.6 Å². The maximum atomic E-state index is 13.6. The van der Waals surface area contributed by atoms with Crippen LogP contribution in [0.5, 0.6) is 0 Å². The Hall–Kier alpha value is -2.16. The quantitative estimate of drug-likeness (QED) is 0.843. The summed E-state index contributed by atoms with van der Waals surface area (Å²) in [5.41, 5.74) is -0.148. The minimum atomic E-state index is -4.54. The van der Waals surface area contributed by atoms with Crippen molar-refractivity contribution in [3.63, 3.8) is 0 Å². The average molecular weight is 389 g/mol. The minimum absolute atomic E-state index is 0.0100. The van der Waals surface area contributed by atoms with E-state index >= 15 is 0 Å². The van der Waals surface area contributed by atoms with E-state index in [-0.39, 0.29) is 23.0 Å². The molecule has 0 aliphatic carbocycles. The van der Waals surface area contributed by atoms with Gasteiger partial charge in [0.05, 0.1) is 12.3 Å². The molecular weight excluding hydrogens is 373 g/mol. The Bertz CT molecular complexity index is 812. The third-order valence-electron chi connectivity index (χ3n) is 4.78. The fourth-order valence-corrected chi connectivity index (χ4v) is 3.73. The van der Waals surface area contributed by atoms with Crippen molar-refractivity contribution in [1.82, 2.24) is 14.7 Å². The SMILES string of the molecule is O=C(c1nn2c(c1Cl)N[C@@H](c1ccco1)C[C@@H]2C(F)(F)F)N1CCCC1. The van der Waals surface area contributed by atoms with Gasteiger partial charge in [0.15, 0.2) is 11.7 Å². The van der Waals surface area contributed by atoms with E-state index in [0.29, 0.717) is 18.8 Å². The number of hydrogen-bond donors (Lipinski definition) is 1. The van der Waals surface area contributed by atoms with Crippen molar-refractivity contribution < 1.29 is 22.4 Å². The number of alkyl halides is 3. The van der Waals surface area contributed by atoms with Gasteiger partial charge in [-0.3, -0.25) is 4.79 Å². The summed E-state index contributed by atoms with van der Waals surface area (Å²) in [5, 5.41) is 6.79. The molecule has 0 radical (unpaired) electrons. The number of fused-ring (bicyclic) bond motifs is 1. The van der Waals surface area contributed by atoms with Crippen LogP contribution in [0.25, 0.3) is 0 Å². The molecule has 140 valence electrons. The average Bonchev–Trinajstić information content (AvgIpc) is 3.34. The van der Waals surface area contributed by atoms with Gasteiger partial charge in [0, 0.05) is 19.5 Å². The molecule has 2 aromatic heterocycles. The van der Waals surface area contributed by atoms with Gasteiger partial charge < -0.3 is 14.6 Å². The molecule has 26 heavy (non-hydrogen) atoms. The van der Waals surface area contributed by atoms with Crippen molar-refractivity contribution in [2.45, 2.75) is 37.5 Å². The standard InChI is InChI=1S/C16H16ClF3N4O2/c17-12-13(15(25)23-5-1-2-6-23)22-24-11(16(18,19)20)8-9(21-14(12)24)10-4-3-7-26-10/h3-4,7,9,11,21H,1-2,5-6,8H2/t9-,11-/m1/s1. The number of rotatable bonds is 2. The number of aromatic nitrogens is 2. The number of nitrogens with one attached hydrogen (secondary N) is 1. The zero-order chi connectivity index (χ0) is 18.5. The van der Waals surface area contributed by atoms with E-state index in [4.69, 9.17) is 16.0 Å². The Kier molecular flexibility index (Phi) is 4.13. The number of amides is 1. The third kappa shape index (κ3) is 2.84. The fraction of sp³-hybridized carbons (Fsp3) is 0.500. The molecule has 6 nitrogen and oxygen atoms in total. The molecule has 2 aliphatic rings. The summed E-state index contributed by atoms with van der Waals surface area (Å²) >= 11 is 6.27. The molecule has 2 atom stereocenters. The highest BCUT2D eigenvalue weighted by molar-refractivity contribution is 6.36. The van der Waals surface area contributed by atoms with Crippen LogP contribution in [0.2, 0.25) is 5.02 Å². The lowest BCUT2D eigenvalue weighted by molar-refractivity contribution is -0.174. The number of anilines is 1. The summed E-state index contributed by atoms with van der Waals surface area (Å²) in [6.07, 6.45) is -1.72. The molecule has 2 aliphatic heterocycles. The molecular formula is C16H16ClF3N4O2. The number of nitrogens with zero attached hydrogens (tertiary/aromatic N) is 3. The van der Waals surface area contributed by atoms with Crippen LogP contribution in [0, 0.1) is 0 Å². The monoisotopic (exact) mass is 388 g/mol. The first kappa shape index (κ1) is 17.3. The molecule has 2 aromatic rings. The van der Waals surface area contributed by atoms with Crippen molar-refractivity contribution in [2.75, 3.05) is 18.4 Å². The highest BCUT2D eigenvalue weighted by atomic mass is 35.5. The first-order valence-electron chi connectivity index (χ1n) is 8.30. The molecule has 4 heterocycles.